The molecule has 1 aliphatic heterocycles. The number of hydrogen-bond donors (Lipinski definition) is 1. The van der Waals surface area contributed by atoms with Crippen LogP contribution in [-0.4, -0.2) is 34.0 Å². The number of nitrogens with zero attached hydrogens (tertiary/aromatic N) is 2. The number of nitrogens with one attached hydrogen (secondary N) is 1. The second-order valence-electron chi connectivity index (χ2n) is 7.01. The molecule has 0 bridgehead atoms. The third kappa shape index (κ3) is 4.11. The minimum absolute atomic E-state index is 0.000407. The van der Waals surface area contributed by atoms with Gasteiger partial charge in [-0.05, 0) is 61.0 Å². The molecule has 0 atom stereocenters. The van der Waals surface area contributed by atoms with Crippen molar-refractivity contribution in [3.05, 3.63) is 69.4 Å². The van der Waals surface area contributed by atoms with E-state index in [1.807, 2.05) is 12.1 Å². The molecule has 0 spiro atoms. The fraction of sp³-hybridized carbons (Fsp3) is 0.238. The third-order valence-electron chi connectivity index (χ3n) is 4.88. The van der Waals surface area contributed by atoms with Crippen LogP contribution >= 0.6 is 12.2 Å². The van der Waals surface area contributed by atoms with Gasteiger partial charge in [0.15, 0.2) is 5.11 Å². The number of carbonyl (C=O) groups excluding carboxylic acids is 1. The van der Waals surface area contributed by atoms with Crippen molar-refractivity contribution in [3.8, 4) is 11.5 Å². The molecule has 1 amide bonds. The summed E-state index contributed by atoms with van der Waals surface area (Å²) in [5.74, 6) is 1.03. The van der Waals surface area contributed by atoms with Crippen LogP contribution in [-0.2, 0) is 11.4 Å². The Morgan fingerprint density at radius 2 is 2.00 bits per heavy atom. The first-order valence-electron chi connectivity index (χ1n) is 9.36. The number of nitro benzene ring substituents is 1. The Labute approximate surface area is 178 Å². The van der Waals surface area contributed by atoms with E-state index in [4.69, 9.17) is 21.7 Å². The largest absolute Gasteiger partial charge is 0.496 e. The van der Waals surface area contributed by atoms with Gasteiger partial charge in [-0.15, -0.1) is 0 Å². The zero-order chi connectivity index (χ0) is 21.3. The summed E-state index contributed by atoms with van der Waals surface area (Å²) < 4.78 is 11.2. The lowest BCUT2D eigenvalue weighted by molar-refractivity contribution is -0.384. The van der Waals surface area contributed by atoms with Crippen molar-refractivity contribution in [1.82, 2.24) is 10.2 Å². The van der Waals surface area contributed by atoms with E-state index in [1.54, 1.807) is 36.3 Å². The Hall–Kier alpha value is -3.46. The van der Waals surface area contributed by atoms with E-state index in [1.165, 1.54) is 12.1 Å². The molecule has 154 valence electrons. The van der Waals surface area contributed by atoms with E-state index in [-0.39, 0.29) is 24.2 Å². The molecule has 9 heteroatoms. The molecule has 1 saturated carbocycles. The molecule has 0 unspecified atom stereocenters. The van der Waals surface area contributed by atoms with Gasteiger partial charge in [0.2, 0.25) is 0 Å². The van der Waals surface area contributed by atoms with Crippen LogP contribution in [0, 0.1) is 10.1 Å². The number of carbonyl (C=O) groups is 1. The minimum atomic E-state index is -0.460. The van der Waals surface area contributed by atoms with E-state index in [0.717, 1.165) is 24.0 Å². The van der Waals surface area contributed by atoms with E-state index in [0.29, 0.717) is 22.3 Å². The van der Waals surface area contributed by atoms with Gasteiger partial charge in [0, 0.05) is 23.7 Å². The van der Waals surface area contributed by atoms with Crippen LogP contribution in [0.5, 0.6) is 11.5 Å². The third-order valence-corrected chi connectivity index (χ3v) is 5.18. The van der Waals surface area contributed by atoms with E-state index in [9.17, 15) is 14.9 Å². The number of amides is 1. The summed E-state index contributed by atoms with van der Waals surface area (Å²) >= 11 is 5.28. The van der Waals surface area contributed by atoms with Crippen LogP contribution in [0.1, 0.15) is 24.0 Å². The van der Waals surface area contributed by atoms with Crippen molar-refractivity contribution >= 4 is 35.0 Å². The number of benzene rings is 2. The summed E-state index contributed by atoms with van der Waals surface area (Å²) in [5, 5.41) is 14.2. The maximum atomic E-state index is 12.6. The molecular weight excluding hydrogens is 406 g/mol. The van der Waals surface area contributed by atoms with Crippen LogP contribution in [0.25, 0.3) is 6.08 Å². The van der Waals surface area contributed by atoms with Gasteiger partial charge < -0.3 is 14.8 Å². The quantitative estimate of drug-likeness (QED) is 0.314. The van der Waals surface area contributed by atoms with Crippen LogP contribution < -0.4 is 14.8 Å². The number of non-ortho nitro benzene ring substituents is 1. The monoisotopic (exact) mass is 425 g/mol. The number of ether oxygens (including phenoxy) is 2. The Kier molecular flexibility index (Phi) is 5.37. The van der Waals surface area contributed by atoms with Crippen molar-refractivity contribution in [2.24, 2.45) is 0 Å². The number of nitro groups is 1. The van der Waals surface area contributed by atoms with Gasteiger partial charge in [0.1, 0.15) is 23.8 Å². The maximum absolute atomic E-state index is 12.6. The lowest BCUT2D eigenvalue weighted by Gasteiger charge is -2.12. The Morgan fingerprint density at radius 3 is 2.63 bits per heavy atom. The molecule has 1 heterocycles. The molecule has 8 nitrogen and oxygen atoms in total. The first-order valence-corrected chi connectivity index (χ1v) is 9.77. The summed E-state index contributed by atoms with van der Waals surface area (Å²) in [7, 11) is 1.57. The van der Waals surface area contributed by atoms with E-state index in [2.05, 4.69) is 5.32 Å². The molecule has 0 aromatic heterocycles. The van der Waals surface area contributed by atoms with Crippen molar-refractivity contribution in [3.63, 3.8) is 0 Å². The Morgan fingerprint density at radius 1 is 1.27 bits per heavy atom. The van der Waals surface area contributed by atoms with Gasteiger partial charge in [0.25, 0.3) is 11.6 Å². The standard InChI is InChI=1S/C21H19N3O5S/c1-28-19-9-2-13(11-18-20(25)23(15-3-4-15)21(30)22-18)10-14(19)12-29-17-7-5-16(6-8-17)24(26)27/h2,5-11,15H,3-4,12H2,1H3,(H,22,30)/b18-11+. The van der Waals surface area contributed by atoms with Gasteiger partial charge in [-0.3, -0.25) is 19.8 Å². The lowest BCUT2D eigenvalue weighted by Crippen LogP contribution is -2.32. The number of methoxy groups -OCH3 is 1. The van der Waals surface area contributed by atoms with Crippen LogP contribution in [0.15, 0.2) is 48.2 Å². The second kappa shape index (κ2) is 8.11. The highest BCUT2D eigenvalue weighted by molar-refractivity contribution is 7.80. The van der Waals surface area contributed by atoms with Gasteiger partial charge in [0.05, 0.1) is 12.0 Å². The highest BCUT2D eigenvalue weighted by atomic mass is 32.1. The topological polar surface area (TPSA) is 93.9 Å². The molecule has 1 saturated heterocycles. The van der Waals surface area contributed by atoms with Crippen LogP contribution in [0.3, 0.4) is 0 Å². The molecule has 2 aromatic carbocycles. The molecule has 2 aliphatic rings. The Bertz CT molecular complexity index is 1050. The van der Waals surface area contributed by atoms with Crippen LogP contribution in [0.4, 0.5) is 5.69 Å². The predicted molar refractivity (Wildman–Crippen MR) is 114 cm³/mol. The summed E-state index contributed by atoms with van der Waals surface area (Å²) in [6.07, 6.45) is 3.72. The van der Waals surface area contributed by atoms with Crippen molar-refractivity contribution < 1.29 is 19.2 Å². The fourth-order valence-corrected chi connectivity index (χ4v) is 3.55. The summed E-state index contributed by atoms with van der Waals surface area (Å²) in [6.45, 7) is 0.200. The zero-order valence-electron chi connectivity index (χ0n) is 16.2. The summed E-state index contributed by atoms with van der Waals surface area (Å²) in [4.78, 5) is 24.5. The highest BCUT2D eigenvalue weighted by Gasteiger charge is 2.41. The minimum Gasteiger partial charge on any atom is -0.496 e. The second-order valence-corrected chi connectivity index (χ2v) is 7.39. The molecule has 1 aliphatic carbocycles. The normalized spacial score (nSPS) is 17.2. The maximum Gasteiger partial charge on any atom is 0.276 e. The predicted octanol–water partition coefficient (Wildman–Crippen LogP) is 3.40. The van der Waals surface area contributed by atoms with Crippen molar-refractivity contribution in [2.75, 3.05) is 7.11 Å². The number of thiocarbonyl (C=S) groups is 1. The molecule has 2 fully saturated rings. The van der Waals surface area contributed by atoms with Gasteiger partial charge >= 0.3 is 0 Å². The SMILES string of the molecule is COc1ccc(/C=C2/NC(=S)N(C3CC3)C2=O)cc1COc1ccc([N+](=O)[O-])cc1. The van der Waals surface area contributed by atoms with E-state index < -0.39 is 4.92 Å². The summed E-state index contributed by atoms with van der Waals surface area (Å²) in [6, 6.07) is 11.6. The lowest BCUT2D eigenvalue weighted by atomic mass is 10.1. The van der Waals surface area contributed by atoms with Crippen LogP contribution in [0.2, 0.25) is 0 Å². The fourth-order valence-electron chi connectivity index (χ4n) is 3.21. The highest BCUT2D eigenvalue weighted by Crippen LogP contribution is 2.31. The van der Waals surface area contributed by atoms with Gasteiger partial charge in [-0.1, -0.05) is 6.07 Å². The van der Waals surface area contributed by atoms with E-state index >= 15 is 0 Å². The number of hydrogen-bond acceptors (Lipinski definition) is 6. The smallest absolute Gasteiger partial charge is 0.276 e. The first kappa shape index (κ1) is 19.8. The molecule has 4 rings (SSSR count). The van der Waals surface area contributed by atoms with Gasteiger partial charge in [-0.25, -0.2) is 0 Å². The molecule has 2 aromatic rings. The average Bonchev–Trinajstić information content (AvgIpc) is 3.53. The number of rotatable bonds is 7. The van der Waals surface area contributed by atoms with Crippen molar-refractivity contribution in [1.29, 1.82) is 0 Å². The zero-order valence-corrected chi connectivity index (χ0v) is 17.0. The Balaban J connectivity index is 1.51. The average molecular weight is 425 g/mol. The van der Waals surface area contributed by atoms with Gasteiger partial charge in [-0.2, -0.15) is 0 Å². The first-order chi connectivity index (χ1) is 14.5. The molecule has 1 N–H and O–H groups in total. The molecule has 0 radical (unpaired) electrons. The molecular formula is C21H19N3O5S. The summed E-state index contributed by atoms with van der Waals surface area (Å²) in [5.41, 5.74) is 2.02. The molecule has 30 heavy (non-hydrogen) atoms. The van der Waals surface area contributed by atoms with Crippen molar-refractivity contribution in [2.45, 2.75) is 25.5 Å².